The summed E-state index contributed by atoms with van der Waals surface area (Å²) >= 11 is 5.75. The fourth-order valence-corrected chi connectivity index (χ4v) is 1.32. The number of imidazole rings is 1. The van der Waals surface area contributed by atoms with Crippen LogP contribution in [0.1, 0.15) is 12.6 Å². The fourth-order valence-electron chi connectivity index (χ4n) is 1.10. The molecule has 0 fully saturated rings. The normalized spacial score (nSPS) is 11.1. The highest BCUT2D eigenvalue weighted by atomic mass is 35.5. The Kier molecular flexibility index (Phi) is 4.25. The van der Waals surface area contributed by atoms with Gasteiger partial charge in [-0.15, -0.1) is 11.6 Å². The third-order valence-corrected chi connectivity index (χ3v) is 2.47. The van der Waals surface area contributed by atoms with Crippen molar-refractivity contribution in [2.45, 2.75) is 19.3 Å². The molecule has 1 heterocycles. The van der Waals surface area contributed by atoms with Crippen LogP contribution in [0.5, 0.6) is 0 Å². The lowest BCUT2D eigenvalue weighted by atomic mass is 10.4. The summed E-state index contributed by atoms with van der Waals surface area (Å²) in [6.45, 7) is 5.23. The monoisotopic (exact) mass is 201 g/mol. The Labute approximate surface area is 84.3 Å². The summed E-state index contributed by atoms with van der Waals surface area (Å²) < 4.78 is 2.10. The molecule has 4 heteroatoms. The third-order valence-electron chi connectivity index (χ3n) is 2.20. The second-order valence-electron chi connectivity index (χ2n) is 3.11. The summed E-state index contributed by atoms with van der Waals surface area (Å²) in [5.41, 5.74) is 1.09. The van der Waals surface area contributed by atoms with Gasteiger partial charge in [-0.25, -0.2) is 4.98 Å². The number of hydrogen-bond donors (Lipinski definition) is 0. The van der Waals surface area contributed by atoms with E-state index in [0.717, 1.165) is 25.3 Å². The largest absolute Gasteiger partial charge is 0.332 e. The lowest BCUT2D eigenvalue weighted by molar-refractivity contribution is 0.334. The summed E-state index contributed by atoms with van der Waals surface area (Å²) in [6.07, 6.45) is 3.65. The van der Waals surface area contributed by atoms with Gasteiger partial charge in [-0.1, -0.05) is 6.92 Å². The fraction of sp³-hybridized carbons (Fsp3) is 0.667. The average molecular weight is 202 g/mol. The number of hydrogen-bond acceptors (Lipinski definition) is 2. The third kappa shape index (κ3) is 3.01. The van der Waals surface area contributed by atoms with Crippen LogP contribution < -0.4 is 0 Å². The highest BCUT2D eigenvalue weighted by Gasteiger charge is 2.00. The van der Waals surface area contributed by atoms with Crippen molar-refractivity contribution < 1.29 is 0 Å². The maximum absolute atomic E-state index is 5.75. The number of rotatable bonds is 5. The Bertz CT molecular complexity index is 247. The first-order valence-corrected chi connectivity index (χ1v) is 5.05. The summed E-state index contributed by atoms with van der Waals surface area (Å²) in [4.78, 5) is 6.32. The van der Waals surface area contributed by atoms with Crippen molar-refractivity contribution in [2.24, 2.45) is 0 Å². The van der Waals surface area contributed by atoms with Gasteiger partial charge in [0.15, 0.2) is 0 Å². The zero-order valence-electron chi connectivity index (χ0n) is 8.20. The minimum Gasteiger partial charge on any atom is -0.332 e. The molecule has 0 N–H and O–H groups in total. The number of halogens is 1. The molecule has 0 unspecified atom stereocenters. The predicted octanol–water partition coefficient (Wildman–Crippen LogP) is 1.57. The van der Waals surface area contributed by atoms with Crippen molar-refractivity contribution in [3.05, 3.63) is 18.2 Å². The van der Waals surface area contributed by atoms with Gasteiger partial charge in [0.05, 0.1) is 17.9 Å². The molecule has 0 bridgehead atoms. The number of nitrogens with zero attached hydrogens (tertiary/aromatic N) is 3. The van der Waals surface area contributed by atoms with Crippen LogP contribution in [-0.2, 0) is 12.4 Å². The first-order chi connectivity index (χ1) is 6.27. The van der Waals surface area contributed by atoms with Gasteiger partial charge in [0.25, 0.3) is 0 Å². The molecular weight excluding hydrogens is 186 g/mol. The van der Waals surface area contributed by atoms with Crippen LogP contribution >= 0.6 is 11.6 Å². The van der Waals surface area contributed by atoms with Crippen molar-refractivity contribution in [1.29, 1.82) is 0 Å². The van der Waals surface area contributed by atoms with Crippen LogP contribution in [-0.4, -0.2) is 34.6 Å². The average Bonchev–Trinajstić information content (AvgIpc) is 2.61. The first kappa shape index (κ1) is 10.5. The molecule has 0 aliphatic carbocycles. The molecular formula is C9H16ClN3. The smallest absolute Gasteiger partial charge is 0.0948 e. The first-order valence-electron chi connectivity index (χ1n) is 4.51. The maximum atomic E-state index is 5.75. The topological polar surface area (TPSA) is 21.1 Å². The van der Waals surface area contributed by atoms with E-state index in [0.29, 0.717) is 5.88 Å². The van der Waals surface area contributed by atoms with Crippen molar-refractivity contribution in [1.82, 2.24) is 14.5 Å². The van der Waals surface area contributed by atoms with E-state index in [1.54, 1.807) is 0 Å². The molecule has 1 aromatic rings. The molecule has 13 heavy (non-hydrogen) atoms. The Hall–Kier alpha value is -0.540. The van der Waals surface area contributed by atoms with Crippen LogP contribution in [0, 0.1) is 0 Å². The Morgan fingerprint density at radius 2 is 2.38 bits per heavy atom. The van der Waals surface area contributed by atoms with Gasteiger partial charge in [-0.05, 0) is 13.6 Å². The van der Waals surface area contributed by atoms with E-state index in [1.807, 2.05) is 12.5 Å². The van der Waals surface area contributed by atoms with Crippen LogP contribution in [0.4, 0.5) is 0 Å². The second kappa shape index (κ2) is 5.25. The SMILES string of the molecule is CCN(C)CCn1cncc1CCl. The summed E-state index contributed by atoms with van der Waals surface area (Å²) in [6, 6.07) is 0. The van der Waals surface area contributed by atoms with Gasteiger partial charge < -0.3 is 9.47 Å². The Morgan fingerprint density at radius 3 is 3.00 bits per heavy atom. The number of likely N-dealkylation sites (N-methyl/N-ethyl adjacent to an activating group) is 1. The van der Waals surface area contributed by atoms with E-state index in [9.17, 15) is 0 Å². The molecule has 1 rings (SSSR count). The molecule has 3 nitrogen and oxygen atoms in total. The van der Waals surface area contributed by atoms with Crippen molar-refractivity contribution in [2.75, 3.05) is 20.1 Å². The van der Waals surface area contributed by atoms with Gasteiger partial charge in [0, 0.05) is 19.3 Å². The van der Waals surface area contributed by atoms with Crippen LogP contribution in [0.15, 0.2) is 12.5 Å². The summed E-state index contributed by atoms with van der Waals surface area (Å²) in [7, 11) is 2.11. The van der Waals surface area contributed by atoms with E-state index < -0.39 is 0 Å². The van der Waals surface area contributed by atoms with Gasteiger partial charge >= 0.3 is 0 Å². The second-order valence-corrected chi connectivity index (χ2v) is 3.38. The van der Waals surface area contributed by atoms with E-state index in [2.05, 4.69) is 28.4 Å². The Balaban J connectivity index is 2.44. The molecule has 0 amide bonds. The molecule has 0 aliphatic rings. The lowest BCUT2D eigenvalue weighted by Gasteiger charge is -2.14. The molecule has 0 atom stereocenters. The highest BCUT2D eigenvalue weighted by Crippen LogP contribution is 2.02. The summed E-state index contributed by atoms with van der Waals surface area (Å²) in [5, 5.41) is 0. The van der Waals surface area contributed by atoms with Crippen molar-refractivity contribution in [3.8, 4) is 0 Å². The molecule has 0 saturated heterocycles. The van der Waals surface area contributed by atoms with Gasteiger partial charge in [0.2, 0.25) is 0 Å². The molecule has 74 valence electrons. The zero-order chi connectivity index (χ0) is 9.68. The van der Waals surface area contributed by atoms with Crippen LogP contribution in [0.25, 0.3) is 0 Å². The molecule has 0 radical (unpaired) electrons. The maximum Gasteiger partial charge on any atom is 0.0948 e. The van der Waals surface area contributed by atoms with Gasteiger partial charge in [-0.2, -0.15) is 0 Å². The van der Waals surface area contributed by atoms with Crippen LogP contribution in [0.2, 0.25) is 0 Å². The quantitative estimate of drug-likeness (QED) is 0.675. The van der Waals surface area contributed by atoms with Crippen molar-refractivity contribution >= 4 is 11.6 Å². The molecule has 1 aromatic heterocycles. The van der Waals surface area contributed by atoms with E-state index in [-0.39, 0.29) is 0 Å². The van der Waals surface area contributed by atoms with E-state index in [4.69, 9.17) is 11.6 Å². The highest BCUT2D eigenvalue weighted by molar-refractivity contribution is 6.16. The predicted molar refractivity (Wildman–Crippen MR) is 55.0 cm³/mol. The number of aromatic nitrogens is 2. The molecule has 0 aromatic carbocycles. The molecule has 0 saturated carbocycles. The van der Waals surface area contributed by atoms with Gasteiger partial charge in [0.1, 0.15) is 0 Å². The van der Waals surface area contributed by atoms with Gasteiger partial charge in [-0.3, -0.25) is 0 Å². The summed E-state index contributed by atoms with van der Waals surface area (Å²) in [5.74, 6) is 0.538. The van der Waals surface area contributed by atoms with Crippen LogP contribution in [0.3, 0.4) is 0 Å². The van der Waals surface area contributed by atoms with Crippen molar-refractivity contribution in [3.63, 3.8) is 0 Å². The Morgan fingerprint density at radius 1 is 1.62 bits per heavy atom. The number of alkyl halides is 1. The minimum atomic E-state index is 0.538. The zero-order valence-corrected chi connectivity index (χ0v) is 8.96. The minimum absolute atomic E-state index is 0.538. The molecule has 0 aliphatic heterocycles. The van der Waals surface area contributed by atoms with E-state index in [1.165, 1.54) is 0 Å². The molecule has 0 spiro atoms. The lowest BCUT2D eigenvalue weighted by Crippen LogP contribution is -2.23. The standard InChI is InChI=1S/C9H16ClN3/c1-3-12(2)4-5-13-8-11-7-9(13)6-10/h7-8H,3-6H2,1-2H3. The van der Waals surface area contributed by atoms with E-state index >= 15 is 0 Å².